The molecule has 2 amide bonds. The summed E-state index contributed by atoms with van der Waals surface area (Å²) >= 11 is 0. The Balaban J connectivity index is 1.28. The fraction of sp³-hybridized carbons (Fsp3) is 0.343. The Labute approximate surface area is 278 Å². The molecule has 1 aliphatic rings. The predicted molar refractivity (Wildman–Crippen MR) is 176 cm³/mol. The number of nitrogens with two attached hydrogens (primary N) is 1. The highest BCUT2D eigenvalue weighted by Gasteiger charge is 2.38. The van der Waals surface area contributed by atoms with Crippen molar-refractivity contribution in [3.8, 4) is 16.9 Å². The molecule has 5 rings (SSSR count). The van der Waals surface area contributed by atoms with Gasteiger partial charge in [-0.25, -0.2) is 18.7 Å². The third kappa shape index (κ3) is 8.34. The number of hydrogen-bond acceptors (Lipinski definition) is 9. The molecule has 252 valence electrons. The molecule has 1 aliphatic heterocycles. The molecule has 0 aliphatic carbocycles. The Morgan fingerprint density at radius 1 is 1.06 bits per heavy atom. The Hall–Kier alpha value is -5.30. The van der Waals surface area contributed by atoms with E-state index >= 15 is 4.39 Å². The van der Waals surface area contributed by atoms with Gasteiger partial charge in [-0.15, -0.1) is 5.10 Å². The number of carbonyl (C=O) groups excluding carboxylic acids is 3. The summed E-state index contributed by atoms with van der Waals surface area (Å²) < 4.78 is 33.2. The minimum absolute atomic E-state index is 0.0419. The van der Waals surface area contributed by atoms with Crippen LogP contribution in [0.25, 0.3) is 11.1 Å². The molecule has 13 heteroatoms. The van der Waals surface area contributed by atoms with Gasteiger partial charge in [0.1, 0.15) is 40.8 Å². The van der Waals surface area contributed by atoms with E-state index in [0.717, 1.165) is 16.9 Å². The van der Waals surface area contributed by atoms with E-state index in [1.165, 1.54) is 22.8 Å². The number of Topliss-reactive ketones (excluding diaryl/α,β-unsaturated/α-hetero) is 1. The van der Waals surface area contributed by atoms with Crippen LogP contribution in [-0.4, -0.2) is 69.3 Å². The molecule has 3 aromatic carbocycles. The van der Waals surface area contributed by atoms with Gasteiger partial charge in [0.2, 0.25) is 0 Å². The molecule has 0 saturated carbocycles. The molecular formula is C35H39FN6O6. The van der Waals surface area contributed by atoms with E-state index in [-0.39, 0.29) is 25.4 Å². The summed E-state index contributed by atoms with van der Waals surface area (Å²) in [7, 11) is 1.62. The third-order valence-electron chi connectivity index (χ3n) is 7.70. The molecule has 2 heterocycles. The Bertz CT molecular complexity index is 1770. The number of halogens is 1. The van der Waals surface area contributed by atoms with Crippen molar-refractivity contribution in [3.05, 3.63) is 95.6 Å². The number of ether oxygens (including phenoxy) is 3. The van der Waals surface area contributed by atoms with Gasteiger partial charge in [0.25, 0.3) is 0 Å². The summed E-state index contributed by atoms with van der Waals surface area (Å²) in [5.41, 5.74) is 8.76. The first kappa shape index (κ1) is 34.0. The van der Waals surface area contributed by atoms with Crippen molar-refractivity contribution < 1.29 is 33.0 Å². The molecule has 2 N–H and O–H groups in total. The summed E-state index contributed by atoms with van der Waals surface area (Å²) in [4.78, 5) is 40.1. The van der Waals surface area contributed by atoms with Crippen molar-refractivity contribution in [3.63, 3.8) is 0 Å². The van der Waals surface area contributed by atoms with Crippen LogP contribution in [0, 0.1) is 5.82 Å². The molecular weight excluding hydrogens is 619 g/mol. The quantitative estimate of drug-likeness (QED) is 0.227. The van der Waals surface area contributed by atoms with E-state index in [1.807, 2.05) is 36.4 Å². The number of rotatable bonds is 11. The highest BCUT2D eigenvalue weighted by molar-refractivity contribution is 5.92. The zero-order chi connectivity index (χ0) is 34.6. The molecule has 0 radical (unpaired) electrons. The number of nitrogens with zero attached hydrogens (tertiary/aromatic N) is 5. The first-order chi connectivity index (χ1) is 22.8. The van der Waals surface area contributed by atoms with Crippen molar-refractivity contribution >= 4 is 23.7 Å². The van der Waals surface area contributed by atoms with Crippen molar-refractivity contribution in [2.24, 2.45) is 5.73 Å². The zero-order valence-corrected chi connectivity index (χ0v) is 27.6. The van der Waals surface area contributed by atoms with Gasteiger partial charge in [0, 0.05) is 12.1 Å². The Morgan fingerprint density at radius 3 is 2.38 bits per heavy atom. The van der Waals surface area contributed by atoms with Crippen LogP contribution in [0.3, 0.4) is 0 Å². The van der Waals surface area contributed by atoms with Crippen molar-refractivity contribution in [2.75, 3.05) is 18.6 Å². The largest absolute Gasteiger partial charge is 0.497 e. The Morgan fingerprint density at radius 2 is 1.75 bits per heavy atom. The molecule has 12 nitrogen and oxygen atoms in total. The molecule has 0 bridgehead atoms. The van der Waals surface area contributed by atoms with Gasteiger partial charge in [0.15, 0.2) is 0 Å². The highest BCUT2D eigenvalue weighted by Crippen LogP contribution is 2.30. The van der Waals surface area contributed by atoms with Crippen LogP contribution in [0.4, 0.5) is 19.7 Å². The number of hydrogen-bond donors (Lipinski definition) is 1. The fourth-order valence-corrected chi connectivity index (χ4v) is 5.17. The monoisotopic (exact) mass is 658 g/mol. The van der Waals surface area contributed by atoms with Gasteiger partial charge in [-0.2, -0.15) is 0 Å². The first-order valence-corrected chi connectivity index (χ1v) is 15.4. The van der Waals surface area contributed by atoms with E-state index in [0.29, 0.717) is 29.1 Å². The normalized spacial score (nSPS) is 15.2. The maximum Gasteiger partial charge on any atom is 0.414 e. The molecule has 0 spiro atoms. The Kier molecular flexibility index (Phi) is 10.1. The van der Waals surface area contributed by atoms with Crippen LogP contribution in [0.1, 0.15) is 44.5 Å². The van der Waals surface area contributed by atoms with Crippen LogP contribution in [0.5, 0.6) is 5.75 Å². The molecule has 1 saturated heterocycles. The van der Waals surface area contributed by atoms with Crippen LogP contribution in [0.15, 0.2) is 72.9 Å². The van der Waals surface area contributed by atoms with Gasteiger partial charge < -0.3 is 19.9 Å². The minimum atomic E-state index is -0.952. The van der Waals surface area contributed by atoms with E-state index in [9.17, 15) is 14.4 Å². The van der Waals surface area contributed by atoms with Gasteiger partial charge in [-0.1, -0.05) is 41.6 Å². The van der Waals surface area contributed by atoms with Crippen LogP contribution >= 0.6 is 0 Å². The number of methoxy groups -OCH3 is 1. The van der Waals surface area contributed by atoms with Gasteiger partial charge in [-0.05, 0) is 74.7 Å². The van der Waals surface area contributed by atoms with Crippen molar-refractivity contribution in [1.82, 2.24) is 19.9 Å². The standard InChI is InChI=1S/C35H39FN6O6/c1-22(43)32(37)31-21-42(34(45)47-31)27-12-15-29(30(36)16-27)25-10-6-23(7-11-25)17-40(33(44)48-35(2,3)4)19-26-20-41(39-38-26)18-24-8-13-28(46-5)14-9-24/h6-16,20,31-32H,17-19,21,37H2,1-5H3. The second kappa shape index (κ2) is 14.2. The van der Waals surface area contributed by atoms with E-state index < -0.39 is 35.8 Å². The van der Waals surface area contributed by atoms with E-state index in [2.05, 4.69) is 10.3 Å². The highest BCUT2D eigenvalue weighted by atomic mass is 19.1. The minimum Gasteiger partial charge on any atom is -0.497 e. The van der Waals surface area contributed by atoms with Crippen LogP contribution < -0.4 is 15.4 Å². The summed E-state index contributed by atoms with van der Waals surface area (Å²) in [6.07, 6.45) is -0.221. The fourth-order valence-electron chi connectivity index (χ4n) is 5.17. The lowest BCUT2D eigenvalue weighted by molar-refractivity contribution is -0.120. The predicted octanol–water partition coefficient (Wildman–Crippen LogP) is 5.32. The first-order valence-electron chi connectivity index (χ1n) is 15.4. The van der Waals surface area contributed by atoms with Gasteiger partial charge in [0.05, 0.1) is 38.6 Å². The average molecular weight is 659 g/mol. The number of anilines is 1. The molecule has 2 unspecified atom stereocenters. The number of amides is 2. The second-order valence-corrected chi connectivity index (χ2v) is 12.6. The molecule has 1 fully saturated rings. The maximum atomic E-state index is 15.3. The maximum absolute atomic E-state index is 15.3. The summed E-state index contributed by atoms with van der Waals surface area (Å²) in [5.74, 6) is -0.0809. The van der Waals surface area contributed by atoms with E-state index in [1.54, 1.807) is 63.0 Å². The van der Waals surface area contributed by atoms with E-state index in [4.69, 9.17) is 19.9 Å². The summed E-state index contributed by atoms with van der Waals surface area (Å²) in [6.45, 7) is 7.64. The SMILES string of the molecule is COc1ccc(Cn2cc(CN(Cc3ccc(-c4ccc(N5CC(C(N)C(C)=O)OC5=O)cc4F)cc3)C(=O)OC(C)(C)C)nn2)cc1. The smallest absolute Gasteiger partial charge is 0.414 e. The summed E-state index contributed by atoms with van der Waals surface area (Å²) in [6, 6.07) is 18.3. The lowest BCUT2D eigenvalue weighted by Crippen LogP contribution is -2.43. The molecule has 48 heavy (non-hydrogen) atoms. The molecule has 4 aromatic rings. The van der Waals surface area contributed by atoms with Gasteiger partial charge >= 0.3 is 12.2 Å². The van der Waals surface area contributed by atoms with Gasteiger partial charge in [-0.3, -0.25) is 14.6 Å². The van der Waals surface area contributed by atoms with Crippen molar-refractivity contribution in [2.45, 2.75) is 65.1 Å². The molecule has 1 aromatic heterocycles. The van der Waals surface area contributed by atoms with Crippen molar-refractivity contribution in [1.29, 1.82) is 0 Å². The average Bonchev–Trinajstić information content (AvgIpc) is 3.66. The number of ketones is 1. The van der Waals surface area contributed by atoms with Crippen LogP contribution in [-0.2, 0) is 33.9 Å². The lowest BCUT2D eigenvalue weighted by Gasteiger charge is -2.27. The second-order valence-electron chi connectivity index (χ2n) is 12.6. The summed E-state index contributed by atoms with van der Waals surface area (Å²) in [5, 5.41) is 8.50. The number of carbonyl (C=O) groups is 3. The topological polar surface area (TPSA) is 142 Å². The number of cyclic esters (lactones) is 1. The zero-order valence-electron chi connectivity index (χ0n) is 27.6. The number of benzene rings is 3. The number of aromatic nitrogens is 3. The lowest BCUT2D eigenvalue weighted by atomic mass is 10.0. The van der Waals surface area contributed by atoms with Crippen LogP contribution in [0.2, 0.25) is 0 Å². The third-order valence-corrected chi connectivity index (χ3v) is 7.70. The molecule has 2 atom stereocenters.